The van der Waals surface area contributed by atoms with Crippen molar-refractivity contribution in [2.75, 3.05) is 6.54 Å². The van der Waals surface area contributed by atoms with Gasteiger partial charge in [-0.1, -0.05) is 19.3 Å². The lowest BCUT2D eigenvalue weighted by Crippen LogP contribution is -2.32. The van der Waals surface area contributed by atoms with Gasteiger partial charge in [0.25, 0.3) is 0 Å². The zero-order valence-corrected chi connectivity index (χ0v) is 13.3. The van der Waals surface area contributed by atoms with Crippen LogP contribution in [0.5, 0.6) is 0 Å². The number of rotatable bonds is 10. The minimum Gasteiger partial charge on any atom is -0.481 e. The highest BCUT2D eigenvalue weighted by atomic mass is 16.4. The first-order chi connectivity index (χ1) is 10.5. The van der Waals surface area contributed by atoms with Gasteiger partial charge < -0.3 is 21.6 Å². The standard InChI is InChI=1S/C15H28N4O3/c1-12(20)17-9-5-3-2-4-7-15(14(21)22)8-6-13(10-15)18-11-19-16/h11,13H,2-10,16H2,1H3,(H,17,20)(H,18,19)(H,21,22). The second-order valence-corrected chi connectivity index (χ2v) is 6.12. The molecule has 0 bridgehead atoms. The highest BCUT2D eigenvalue weighted by Crippen LogP contribution is 2.42. The molecule has 2 atom stereocenters. The number of nitrogens with one attached hydrogen (secondary N) is 2. The van der Waals surface area contributed by atoms with E-state index in [0.717, 1.165) is 32.1 Å². The molecule has 7 nitrogen and oxygen atoms in total. The number of hydrogen-bond donors (Lipinski definition) is 4. The van der Waals surface area contributed by atoms with Crippen molar-refractivity contribution in [2.24, 2.45) is 16.4 Å². The van der Waals surface area contributed by atoms with Crippen LogP contribution in [0.4, 0.5) is 0 Å². The molecule has 7 heteroatoms. The van der Waals surface area contributed by atoms with Crippen molar-refractivity contribution in [3.63, 3.8) is 0 Å². The van der Waals surface area contributed by atoms with E-state index in [9.17, 15) is 14.7 Å². The normalized spacial score (nSPS) is 24.5. The van der Waals surface area contributed by atoms with E-state index in [-0.39, 0.29) is 11.9 Å². The van der Waals surface area contributed by atoms with Gasteiger partial charge in [0.1, 0.15) is 6.34 Å². The van der Waals surface area contributed by atoms with Crippen LogP contribution in [0, 0.1) is 5.41 Å². The lowest BCUT2D eigenvalue weighted by molar-refractivity contribution is -0.149. The van der Waals surface area contributed by atoms with Gasteiger partial charge in [0.2, 0.25) is 5.91 Å². The van der Waals surface area contributed by atoms with Crippen molar-refractivity contribution in [1.82, 2.24) is 10.6 Å². The number of nitrogens with zero attached hydrogens (tertiary/aromatic N) is 1. The molecule has 0 radical (unpaired) electrons. The van der Waals surface area contributed by atoms with E-state index in [1.54, 1.807) is 0 Å². The number of carboxylic acid groups (broad SMARTS) is 1. The van der Waals surface area contributed by atoms with Crippen LogP contribution in [-0.2, 0) is 9.59 Å². The highest BCUT2D eigenvalue weighted by molar-refractivity contribution is 5.75. The van der Waals surface area contributed by atoms with E-state index >= 15 is 0 Å². The molecule has 0 saturated heterocycles. The van der Waals surface area contributed by atoms with Crippen LogP contribution < -0.4 is 16.5 Å². The maximum atomic E-state index is 11.7. The largest absolute Gasteiger partial charge is 0.481 e. The Kier molecular flexibility index (Phi) is 7.70. The summed E-state index contributed by atoms with van der Waals surface area (Å²) in [7, 11) is 0. The van der Waals surface area contributed by atoms with Crippen LogP contribution in [0.15, 0.2) is 5.10 Å². The molecular weight excluding hydrogens is 284 g/mol. The van der Waals surface area contributed by atoms with Gasteiger partial charge in [-0.2, -0.15) is 5.10 Å². The molecule has 126 valence electrons. The fourth-order valence-electron chi connectivity index (χ4n) is 3.15. The van der Waals surface area contributed by atoms with Gasteiger partial charge in [-0.3, -0.25) is 9.59 Å². The number of hydrogen-bond acceptors (Lipinski definition) is 4. The Morgan fingerprint density at radius 1 is 1.36 bits per heavy atom. The third-order valence-corrected chi connectivity index (χ3v) is 4.40. The monoisotopic (exact) mass is 312 g/mol. The van der Waals surface area contributed by atoms with Gasteiger partial charge in [-0.05, 0) is 32.1 Å². The van der Waals surface area contributed by atoms with Crippen LogP contribution in [0.3, 0.4) is 0 Å². The quantitative estimate of drug-likeness (QED) is 0.159. The molecule has 1 aliphatic carbocycles. The average Bonchev–Trinajstić information content (AvgIpc) is 2.88. The number of carbonyl (C=O) groups excluding carboxylic acids is 1. The number of nitrogens with two attached hydrogens (primary N) is 1. The number of amides is 1. The summed E-state index contributed by atoms with van der Waals surface area (Å²) in [4.78, 5) is 22.4. The minimum absolute atomic E-state index is 0.00431. The second-order valence-electron chi connectivity index (χ2n) is 6.12. The first-order valence-electron chi connectivity index (χ1n) is 7.96. The van der Waals surface area contributed by atoms with E-state index < -0.39 is 11.4 Å². The fourth-order valence-corrected chi connectivity index (χ4v) is 3.15. The SMILES string of the molecule is CC(=O)NCCCCCCC1(C(=O)O)CCC(NC=NN)C1. The molecular formula is C15H28N4O3. The third-order valence-electron chi connectivity index (χ3n) is 4.40. The summed E-state index contributed by atoms with van der Waals surface area (Å²) < 4.78 is 0. The molecule has 1 fully saturated rings. The number of unbranched alkanes of at least 4 members (excludes halogenated alkanes) is 3. The molecule has 1 amide bonds. The first-order valence-corrected chi connectivity index (χ1v) is 7.96. The maximum Gasteiger partial charge on any atom is 0.309 e. The molecule has 0 aliphatic heterocycles. The van der Waals surface area contributed by atoms with Crippen molar-refractivity contribution >= 4 is 18.2 Å². The summed E-state index contributed by atoms with van der Waals surface area (Å²) in [6.07, 6.45) is 8.16. The minimum atomic E-state index is -0.695. The number of aliphatic carboxylic acids is 1. The van der Waals surface area contributed by atoms with Gasteiger partial charge in [0.15, 0.2) is 0 Å². The van der Waals surface area contributed by atoms with E-state index in [0.29, 0.717) is 25.8 Å². The number of hydrazone groups is 1. The molecule has 22 heavy (non-hydrogen) atoms. The van der Waals surface area contributed by atoms with Gasteiger partial charge in [-0.25, -0.2) is 0 Å². The molecule has 1 aliphatic rings. The molecule has 2 unspecified atom stereocenters. The van der Waals surface area contributed by atoms with Gasteiger partial charge in [0, 0.05) is 19.5 Å². The third kappa shape index (κ3) is 5.91. The van der Waals surface area contributed by atoms with E-state index in [2.05, 4.69) is 15.7 Å². The molecule has 0 aromatic heterocycles. The first kappa shape index (κ1) is 18.3. The summed E-state index contributed by atoms with van der Waals surface area (Å²) in [6, 6.07) is 0.142. The average molecular weight is 312 g/mol. The van der Waals surface area contributed by atoms with Crippen molar-refractivity contribution in [3.8, 4) is 0 Å². The van der Waals surface area contributed by atoms with Gasteiger partial charge in [0.05, 0.1) is 5.41 Å². The summed E-state index contributed by atoms with van der Waals surface area (Å²) in [5.41, 5.74) is -0.613. The topological polar surface area (TPSA) is 117 Å². The lowest BCUT2D eigenvalue weighted by Gasteiger charge is -2.24. The van der Waals surface area contributed by atoms with Crippen molar-refractivity contribution in [2.45, 2.75) is 64.3 Å². The second kappa shape index (κ2) is 9.27. The molecule has 1 rings (SSSR count). The highest BCUT2D eigenvalue weighted by Gasteiger charge is 2.44. The predicted molar refractivity (Wildman–Crippen MR) is 85.3 cm³/mol. The summed E-state index contributed by atoms with van der Waals surface area (Å²) >= 11 is 0. The van der Waals surface area contributed by atoms with Crippen molar-refractivity contribution in [3.05, 3.63) is 0 Å². The summed E-state index contributed by atoms with van der Waals surface area (Å²) in [5, 5.41) is 18.8. The molecule has 1 saturated carbocycles. The number of carboxylic acids is 1. The molecule has 5 N–H and O–H groups in total. The zero-order chi connectivity index (χ0) is 16.4. The van der Waals surface area contributed by atoms with Crippen LogP contribution in [0.2, 0.25) is 0 Å². The Morgan fingerprint density at radius 2 is 2.09 bits per heavy atom. The molecule has 0 heterocycles. The molecule has 0 aromatic rings. The predicted octanol–water partition coefficient (Wildman–Crippen LogP) is 1.19. The van der Waals surface area contributed by atoms with E-state index in [1.807, 2.05) is 0 Å². The van der Waals surface area contributed by atoms with Crippen LogP contribution in [0.25, 0.3) is 0 Å². The zero-order valence-electron chi connectivity index (χ0n) is 13.3. The smallest absolute Gasteiger partial charge is 0.309 e. The summed E-state index contributed by atoms with van der Waals surface area (Å²) in [6.45, 7) is 2.21. The van der Waals surface area contributed by atoms with Crippen LogP contribution >= 0.6 is 0 Å². The van der Waals surface area contributed by atoms with Crippen LogP contribution in [0.1, 0.15) is 58.3 Å². The lowest BCUT2D eigenvalue weighted by atomic mass is 9.80. The Morgan fingerprint density at radius 3 is 2.73 bits per heavy atom. The van der Waals surface area contributed by atoms with E-state index in [1.165, 1.54) is 13.3 Å². The molecule has 0 spiro atoms. The van der Waals surface area contributed by atoms with Gasteiger partial charge in [-0.15, -0.1) is 0 Å². The van der Waals surface area contributed by atoms with Crippen molar-refractivity contribution in [1.29, 1.82) is 0 Å². The summed E-state index contributed by atoms with van der Waals surface area (Å²) in [5.74, 6) is 4.36. The van der Waals surface area contributed by atoms with Gasteiger partial charge >= 0.3 is 5.97 Å². The fraction of sp³-hybridized carbons (Fsp3) is 0.800. The maximum absolute atomic E-state index is 11.7. The van der Waals surface area contributed by atoms with Crippen LogP contribution in [-0.4, -0.2) is 35.9 Å². The Hall–Kier alpha value is -1.79. The Balaban J connectivity index is 2.27. The molecule has 0 aromatic carbocycles. The Labute approximate surface area is 131 Å². The van der Waals surface area contributed by atoms with Crippen molar-refractivity contribution < 1.29 is 14.7 Å². The van der Waals surface area contributed by atoms with E-state index in [4.69, 9.17) is 5.84 Å². The number of carbonyl (C=O) groups is 2. The Bertz CT molecular complexity index is 400.